The van der Waals surface area contributed by atoms with E-state index in [1.165, 1.54) is 0 Å². The first-order chi connectivity index (χ1) is 10.8. The van der Waals surface area contributed by atoms with Gasteiger partial charge in [-0.25, -0.2) is 13.1 Å². The molecule has 1 heterocycles. The van der Waals surface area contributed by atoms with Crippen LogP contribution in [0.2, 0.25) is 0 Å². The summed E-state index contributed by atoms with van der Waals surface area (Å²) < 4.78 is 33.2. The summed E-state index contributed by atoms with van der Waals surface area (Å²) in [6, 6.07) is 6.61. The van der Waals surface area contributed by atoms with Gasteiger partial charge in [0.05, 0.1) is 11.5 Å². The van der Waals surface area contributed by atoms with E-state index in [0.29, 0.717) is 24.8 Å². The molecule has 1 aromatic carbocycles. The van der Waals surface area contributed by atoms with Crippen LogP contribution in [0.1, 0.15) is 33.6 Å². The molecule has 1 unspecified atom stereocenters. The average Bonchev–Trinajstić information content (AvgIpc) is 2.52. The van der Waals surface area contributed by atoms with Crippen LogP contribution in [-0.4, -0.2) is 34.7 Å². The first kappa shape index (κ1) is 21.2. The van der Waals surface area contributed by atoms with Crippen LogP contribution in [0.3, 0.4) is 0 Å². The minimum atomic E-state index is -3.48. The number of ether oxygens (including phenoxy) is 1. The Morgan fingerprint density at radius 1 is 1.29 bits per heavy atom. The van der Waals surface area contributed by atoms with Gasteiger partial charge in [0.25, 0.3) is 0 Å². The number of halogens is 1. The van der Waals surface area contributed by atoms with Crippen LogP contribution in [0.25, 0.3) is 0 Å². The van der Waals surface area contributed by atoms with Crippen LogP contribution in [0.4, 0.5) is 0 Å². The summed E-state index contributed by atoms with van der Waals surface area (Å²) in [5, 5.41) is 3.33. The number of benzene rings is 1. The van der Waals surface area contributed by atoms with Crippen molar-refractivity contribution >= 4 is 22.4 Å². The number of hydrogen-bond acceptors (Lipinski definition) is 4. The molecule has 0 aliphatic carbocycles. The molecule has 0 spiro atoms. The second kappa shape index (κ2) is 9.04. The highest BCUT2D eigenvalue weighted by atomic mass is 35.5. The largest absolute Gasteiger partial charge is 0.493 e. The van der Waals surface area contributed by atoms with Crippen molar-refractivity contribution in [2.45, 2.75) is 38.5 Å². The number of nitrogens with one attached hydrogen (secondary N) is 2. The van der Waals surface area contributed by atoms with Gasteiger partial charge in [-0.2, -0.15) is 0 Å². The van der Waals surface area contributed by atoms with E-state index in [4.69, 9.17) is 4.74 Å². The SMILES string of the molecule is CC(C)COc1ccc(S(=O)(=O)NCC2(C)CCCNC2)cc1.Cl. The van der Waals surface area contributed by atoms with Gasteiger partial charge in [0, 0.05) is 13.1 Å². The Balaban J connectivity index is 0.00000288. The van der Waals surface area contributed by atoms with Gasteiger partial charge in [-0.15, -0.1) is 12.4 Å². The van der Waals surface area contributed by atoms with E-state index in [-0.39, 0.29) is 22.7 Å². The zero-order chi connectivity index (χ0) is 16.9. The summed E-state index contributed by atoms with van der Waals surface area (Å²) in [4.78, 5) is 0.279. The molecule has 0 radical (unpaired) electrons. The van der Waals surface area contributed by atoms with Crippen molar-refractivity contribution in [3.8, 4) is 5.75 Å². The van der Waals surface area contributed by atoms with Crippen LogP contribution < -0.4 is 14.8 Å². The Kier molecular flexibility index (Phi) is 7.99. The second-order valence-corrected chi connectivity index (χ2v) is 8.86. The maximum absolute atomic E-state index is 12.4. The molecule has 1 atom stereocenters. The van der Waals surface area contributed by atoms with Crippen LogP contribution in [-0.2, 0) is 10.0 Å². The van der Waals surface area contributed by atoms with Gasteiger partial charge < -0.3 is 10.1 Å². The zero-order valence-corrected chi connectivity index (χ0v) is 16.3. The molecule has 0 aromatic heterocycles. The van der Waals surface area contributed by atoms with E-state index in [0.717, 1.165) is 25.9 Å². The maximum atomic E-state index is 12.4. The van der Waals surface area contributed by atoms with Crippen molar-refractivity contribution in [3.05, 3.63) is 24.3 Å². The predicted octanol–water partition coefficient (Wildman–Crippen LogP) is 2.81. The molecule has 1 saturated heterocycles. The predicted molar refractivity (Wildman–Crippen MR) is 99.4 cm³/mol. The van der Waals surface area contributed by atoms with Gasteiger partial charge in [0.2, 0.25) is 10.0 Å². The van der Waals surface area contributed by atoms with Gasteiger partial charge in [-0.05, 0) is 55.0 Å². The fourth-order valence-corrected chi connectivity index (χ4v) is 3.80. The molecule has 2 rings (SSSR count). The number of hydrogen-bond donors (Lipinski definition) is 2. The Hall–Kier alpha value is -0.820. The van der Waals surface area contributed by atoms with Gasteiger partial charge in [-0.3, -0.25) is 0 Å². The molecule has 1 aromatic rings. The molecule has 0 bridgehead atoms. The first-order valence-electron chi connectivity index (χ1n) is 8.24. The summed E-state index contributed by atoms with van der Waals surface area (Å²) in [6.07, 6.45) is 2.12. The standard InChI is InChI=1S/C17H28N2O3S.ClH/c1-14(2)11-22-15-5-7-16(8-6-15)23(20,21)19-13-17(3)9-4-10-18-12-17;/h5-8,14,18-19H,4,9-13H2,1-3H3;1H. The smallest absolute Gasteiger partial charge is 0.240 e. The second-order valence-electron chi connectivity index (χ2n) is 7.09. The minimum Gasteiger partial charge on any atom is -0.493 e. The number of piperidine rings is 1. The Morgan fingerprint density at radius 3 is 2.50 bits per heavy atom. The van der Waals surface area contributed by atoms with Gasteiger partial charge in [0.1, 0.15) is 5.75 Å². The summed E-state index contributed by atoms with van der Waals surface area (Å²) in [5.41, 5.74) is -0.0222. The number of sulfonamides is 1. The van der Waals surface area contributed by atoms with Gasteiger partial charge in [-0.1, -0.05) is 20.8 Å². The zero-order valence-electron chi connectivity index (χ0n) is 14.7. The Labute approximate surface area is 152 Å². The highest BCUT2D eigenvalue weighted by Gasteiger charge is 2.28. The minimum absolute atomic E-state index is 0. The molecule has 0 amide bonds. The van der Waals surface area contributed by atoms with Crippen LogP contribution in [0.5, 0.6) is 5.75 Å². The lowest BCUT2D eigenvalue weighted by Crippen LogP contribution is -2.45. The molecule has 2 N–H and O–H groups in total. The summed E-state index contributed by atoms with van der Waals surface area (Å²) in [6.45, 7) is 9.19. The highest BCUT2D eigenvalue weighted by Crippen LogP contribution is 2.25. The molecule has 0 saturated carbocycles. The van der Waals surface area contributed by atoms with Crippen molar-refractivity contribution in [2.75, 3.05) is 26.2 Å². The lowest BCUT2D eigenvalue weighted by atomic mass is 9.83. The normalized spacial score (nSPS) is 21.3. The molecule has 1 aliphatic rings. The lowest BCUT2D eigenvalue weighted by Gasteiger charge is -2.34. The van der Waals surface area contributed by atoms with Gasteiger partial charge >= 0.3 is 0 Å². The van der Waals surface area contributed by atoms with E-state index in [9.17, 15) is 8.42 Å². The molecule has 7 heteroatoms. The quantitative estimate of drug-likeness (QED) is 0.767. The van der Waals surface area contributed by atoms with Crippen molar-refractivity contribution < 1.29 is 13.2 Å². The van der Waals surface area contributed by atoms with Crippen molar-refractivity contribution in [2.24, 2.45) is 11.3 Å². The first-order valence-corrected chi connectivity index (χ1v) is 9.72. The van der Waals surface area contributed by atoms with Crippen LogP contribution in [0.15, 0.2) is 29.2 Å². The molecular weight excluding hydrogens is 348 g/mol. The molecule has 24 heavy (non-hydrogen) atoms. The third-order valence-corrected chi connectivity index (χ3v) is 5.51. The van der Waals surface area contributed by atoms with Crippen molar-refractivity contribution in [3.63, 3.8) is 0 Å². The van der Waals surface area contributed by atoms with Crippen molar-refractivity contribution in [1.82, 2.24) is 10.0 Å². The summed E-state index contributed by atoms with van der Waals surface area (Å²) >= 11 is 0. The Bertz CT molecular complexity index is 597. The molecule has 5 nitrogen and oxygen atoms in total. The molecule has 1 fully saturated rings. The van der Waals surface area contributed by atoms with Crippen LogP contribution >= 0.6 is 12.4 Å². The third kappa shape index (κ3) is 6.24. The third-order valence-electron chi connectivity index (χ3n) is 4.09. The van der Waals surface area contributed by atoms with E-state index in [1.54, 1.807) is 24.3 Å². The van der Waals surface area contributed by atoms with Crippen LogP contribution in [0, 0.1) is 11.3 Å². The summed E-state index contributed by atoms with van der Waals surface area (Å²) in [7, 11) is -3.48. The molecule has 1 aliphatic heterocycles. The van der Waals surface area contributed by atoms with E-state index < -0.39 is 10.0 Å². The van der Waals surface area contributed by atoms with E-state index in [2.05, 4.69) is 30.8 Å². The summed E-state index contributed by atoms with van der Waals surface area (Å²) in [5.74, 6) is 1.13. The lowest BCUT2D eigenvalue weighted by molar-refractivity contribution is 0.238. The van der Waals surface area contributed by atoms with E-state index >= 15 is 0 Å². The average molecular weight is 377 g/mol. The Morgan fingerprint density at radius 2 is 1.96 bits per heavy atom. The number of rotatable bonds is 7. The fourth-order valence-electron chi connectivity index (χ4n) is 2.60. The fraction of sp³-hybridized carbons (Fsp3) is 0.647. The highest BCUT2D eigenvalue weighted by molar-refractivity contribution is 7.89. The monoisotopic (exact) mass is 376 g/mol. The van der Waals surface area contributed by atoms with Crippen molar-refractivity contribution in [1.29, 1.82) is 0 Å². The molecular formula is C17H29ClN2O3S. The van der Waals surface area contributed by atoms with Gasteiger partial charge in [0.15, 0.2) is 0 Å². The maximum Gasteiger partial charge on any atom is 0.240 e. The topological polar surface area (TPSA) is 67.4 Å². The van der Waals surface area contributed by atoms with E-state index in [1.807, 2.05) is 0 Å². The molecule has 138 valence electrons.